The first-order valence-corrected chi connectivity index (χ1v) is 23.6. The molecule has 0 saturated carbocycles. The van der Waals surface area contributed by atoms with Crippen LogP contribution in [-0.2, 0) is 19.5 Å². The van der Waals surface area contributed by atoms with Crippen molar-refractivity contribution in [1.29, 1.82) is 0 Å². The van der Waals surface area contributed by atoms with E-state index in [9.17, 15) is 0 Å². The van der Waals surface area contributed by atoms with Gasteiger partial charge in [-0.25, -0.2) is 46.4 Å². The minimum atomic E-state index is -4.94. The molecule has 10 rings (SSSR count). The van der Waals surface area contributed by atoms with Crippen LogP contribution < -0.4 is 51.2 Å². The summed E-state index contributed by atoms with van der Waals surface area (Å²) in [7, 11) is -3.67. The summed E-state index contributed by atoms with van der Waals surface area (Å²) in [5.74, 6) is 2.81. The van der Waals surface area contributed by atoms with E-state index in [1.165, 1.54) is 11.3 Å². The number of rotatable bonds is 7. The number of hydrogen-bond donors (Lipinski definition) is 0. The first-order valence-electron chi connectivity index (χ1n) is 21.1. The minimum Gasteiger partial charge on any atom is -0.347 e. The van der Waals surface area contributed by atoms with E-state index in [1.807, 2.05) is 71.7 Å². The summed E-state index contributed by atoms with van der Waals surface area (Å²) in [4.78, 5) is 12.8. The third kappa shape index (κ3) is 10.6. The molecule has 0 aliphatic carbocycles. The minimum absolute atomic E-state index is 0.242. The van der Waals surface area contributed by atoms with Gasteiger partial charge in [-0.05, 0) is 23.8 Å². The Kier molecular flexibility index (Phi) is 13.5. The van der Waals surface area contributed by atoms with Gasteiger partial charge < -0.3 is 4.90 Å². The van der Waals surface area contributed by atoms with Gasteiger partial charge in [-0.3, -0.25) is 0 Å². The van der Waals surface area contributed by atoms with E-state index in [1.54, 1.807) is 0 Å². The van der Waals surface area contributed by atoms with Crippen molar-refractivity contribution in [1.82, 2.24) is 29.3 Å². The average Bonchev–Trinajstić information content (AvgIpc) is 3.91. The fraction of sp³-hybridized carbons (Fsp3) is 0.120. The molecule has 1 aliphatic rings. The Morgan fingerprint density at radius 3 is 1.23 bits per heavy atom. The number of anilines is 1. The summed E-state index contributed by atoms with van der Waals surface area (Å²) in [6.07, 6.45) is 4.40. The molecule has 0 saturated heterocycles. The normalized spacial score (nSPS) is 13.7. The molecule has 0 amide bonds. The predicted octanol–water partition coefficient (Wildman–Crippen LogP) is -0.680. The van der Waals surface area contributed by atoms with Gasteiger partial charge in [0.2, 0.25) is 11.6 Å². The molecule has 0 fully saturated rings. The lowest BCUT2D eigenvalue weighted by Crippen LogP contribution is -2.68. The number of aryl methyl sites for hydroxylation is 2. The van der Waals surface area contributed by atoms with Gasteiger partial charge in [0.05, 0.1) is 19.7 Å². The second kappa shape index (κ2) is 19.4. The van der Waals surface area contributed by atoms with Gasteiger partial charge in [0.1, 0.15) is 11.4 Å². The van der Waals surface area contributed by atoms with Crippen LogP contribution in [0.1, 0.15) is 31.1 Å². The highest BCUT2D eigenvalue weighted by atomic mass is 35.7. The lowest BCUT2D eigenvalue weighted by atomic mass is 9.83. The molecule has 350 valence electrons. The quantitative estimate of drug-likeness (QED) is 0.180. The van der Waals surface area contributed by atoms with Crippen LogP contribution in [-0.4, -0.2) is 36.3 Å². The van der Waals surface area contributed by atoms with Crippen LogP contribution in [0.15, 0.2) is 176 Å². The smallest absolute Gasteiger partial charge is 0.347 e. The van der Waals surface area contributed by atoms with E-state index in [4.69, 9.17) is 57.4 Å². The molecular weight excluding hydrogens is 926 g/mol. The van der Waals surface area contributed by atoms with E-state index in [-0.39, 0.29) is 5.41 Å². The average molecular weight is 969 g/mol. The maximum atomic E-state index is 8.49. The van der Waals surface area contributed by atoms with Crippen molar-refractivity contribution in [3.63, 3.8) is 0 Å². The van der Waals surface area contributed by atoms with Crippen LogP contribution in [0.25, 0.3) is 62.2 Å². The predicted molar refractivity (Wildman–Crippen MR) is 233 cm³/mol. The molecule has 5 heterocycles. The maximum absolute atomic E-state index is 8.49. The fourth-order valence-electron chi connectivity index (χ4n) is 8.44. The first-order chi connectivity index (χ1) is 32.8. The maximum Gasteiger partial charge on any atom is 0.425 e. The lowest BCUT2D eigenvalue weighted by Gasteiger charge is -2.23. The molecule has 17 nitrogen and oxygen atoms in total. The van der Waals surface area contributed by atoms with E-state index in [2.05, 4.69) is 156 Å². The molecule has 0 unspecified atom stereocenters. The molecule has 0 bridgehead atoms. The number of fused-ring (bicyclic) bond motifs is 3. The second-order valence-electron chi connectivity index (χ2n) is 16.3. The topological polar surface area (TPSA) is 257 Å². The molecule has 0 spiro atoms. The summed E-state index contributed by atoms with van der Waals surface area (Å²) in [6.45, 7) is 4.57. The van der Waals surface area contributed by atoms with E-state index >= 15 is 0 Å². The molecule has 4 aromatic heterocycles. The number of nitrogens with zero attached hydrogens (tertiary/aromatic N) is 9. The van der Waals surface area contributed by atoms with Crippen molar-refractivity contribution in [3.8, 4) is 45.0 Å². The second-order valence-corrected chi connectivity index (χ2v) is 17.8. The van der Waals surface area contributed by atoms with Crippen LogP contribution in [0.2, 0.25) is 0 Å². The standard InChI is InChI=1S/C50H43N9.2ClHO4/c1-50(2)39-28-18-19-29-42(39)55(3)45(50)31-30-38(46-53-58-43(36-24-14-8-15-25-36)32-40(51-48(58)56(46)4)34-20-10-6-11-21-34)47-54-59-44(37-26-16-9-17-27-37)33-41(52-49(59)57(47)5)35-22-12-7-13-23-35;2*2-1(3,4)5/h6-33H,1-5H3;2*(H,2,3,4,5)/q+2;;/p-2/b45-31-;;. The molecule has 0 atom stereocenters. The summed E-state index contributed by atoms with van der Waals surface area (Å²) >= 11 is 0. The molecule has 0 N–H and O–H groups in total. The number of allylic oxidation sites excluding steroid dienone is 3. The van der Waals surface area contributed by atoms with Gasteiger partial charge in [-0.15, -0.1) is 29.5 Å². The van der Waals surface area contributed by atoms with Crippen molar-refractivity contribution < 1.29 is 66.8 Å². The third-order valence-electron chi connectivity index (χ3n) is 11.6. The van der Waals surface area contributed by atoms with Crippen LogP contribution in [0.4, 0.5) is 5.69 Å². The highest BCUT2D eigenvalue weighted by molar-refractivity contribution is 5.78. The number of halogens is 2. The Balaban J connectivity index is 0.000000585. The molecule has 0 radical (unpaired) electrons. The van der Waals surface area contributed by atoms with Gasteiger partial charge in [0.15, 0.2) is 11.4 Å². The summed E-state index contributed by atoms with van der Waals surface area (Å²) < 4.78 is 76.0. The first kappa shape index (κ1) is 48.2. The van der Waals surface area contributed by atoms with Gasteiger partial charge >= 0.3 is 11.6 Å². The fourth-order valence-corrected chi connectivity index (χ4v) is 8.44. The molecule has 5 aromatic carbocycles. The van der Waals surface area contributed by atoms with Crippen LogP contribution in [0, 0.1) is 20.5 Å². The molecule has 19 heteroatoms. The zero-order valence-corrected chi connectivity index (χ0v) is 39.2. The number of hydrogen-bond acceptors (Lipinski definition) is 13. The van der Waals surface area contributed by atoms with Crippen molar-refractivity contribution in [2.24, 2.45) is 14.1 Å². The molecular formula is C50H43Cl2N9O8. The lowest BCUT2D eigenvalue weighted by molar-refractivity contribution is -2.00. The van der Waals surface area contributed by atoms with Gasteiger partial charge in [-0.1, -0.05) is 174 Å². The zero-order valence-electron chi connectivity index (χ0n) is 37.7. The van der Waals surface area contributed by atoms with Gasteiger partial charge in [-0.2, -0.15) is 0 Å². The zero-order chi connectivity index (χ0) is 49.3. The summed E-state index contributed by atoms with van der Waals surface area (Å²) in [5, 5.41) is 10.8. The van der Waals surface area contributed by atoms with Crippen molar-refractivity contribution in [2.75, 3.05) is 11.9 Å². The Bertz CT molecular complexity index is 3150. The van der Waals surface area contributed by atoms with Crippen molar-refractivity contribution >= 4 is 22.8 Å². The van der Waals surface area contributed by atoms with Crippen molar-refractivity contribution in [2.45, 2.75) is 19.3 Å². The van der Waals surface area contributed by atoms with E-state index in [0.717, 1.165) is 56.3 Å². The largest absolute Gasteiger partial charge is 0.425 e. The van der Waals surface area contributed by atoms with Gasteiger partial charge in [0.25, 0.3) is 0 Å². The Morgan fingerprint density at radius 2 is 0.855 bits per heavy atom. The van der Waals surface area contributed by atoms with Crippen molar-refractivity contribution in [3.05, 3.63) is 193 Å². The number of benzene rings is 5. The highest BCUT2D eigenvalue weighted by Gasteiger charge is 2.38. The van der Waals surface area contributed by atoms with Crippen LogP contribution in [0.3, 0.4) is 0 Å². The SMILES string of the molecule is CN1/C(=C\C=C(c2n[n+]3c(-c4ccccc4)cc(-c4ccccc4)nc3n2C)c2n[n+]3c(-c4ccccc4)cc(-c4ccccc4)nc3n2C)C(C)(C)c2ccccc21.[O-][Cl+3]([O-])([O-])[O-].[O-][Cl+3]([O-])([O-])[O-]. The van der Waals surface area contributed by atoms with Crippen LogP contribution >= 0.6 is 0 Å². The Morgan fingerprint density at radius 1 is 0.507 bits per heavy atom. The summed E-state index contributed by atoms with van der Waals surface area (Å²) in [5.41, 5.74) is 12.0. The monoisotopic (exact) mass is 967 g/mol. The Hall–Kier alpha value is -7.26. The highest BCUT2D eigenvalue weighted by Crippen LogP contribution is 2.46. The van der Waals surface area contributed by atoms with Crippen LogP contribution in [0.5, 0.6) is 0 Å². The molecule has 9 aromatic rings. The van der Waals surface area contributed by atoms with Gasteiger partial charge in [0, 0.05) is 58.2 Å². The Labute approximate surface area is 400 Å². The van der Waals surface area contributed by atoms with E-state index in [0.29, 0.717) is 23.2 Å². The number of likely N-dealkylation sites (N-methyl/N-ethyl adjacent to an activating group) is 1. The third-order valence-corrected chi connectivity index (χ3v) is 11.6. The number of aromatic nitrogens is 8. The molecule has 69 heavy (non-hydrogen) atoms. The van der Waals surface area contributed by atoms with E-state index < -0.39 is 20.5 Å². The summed E-state index contributed by atoms with van der Waals surface area (Å²) in [6, 6.07) is 54.3. The number of para-hydroxylation sites is 1. The molecule has 1 aliphatic heterocycles.